The van der Waals surface area contributed by atoms with Crippen molar-refractivity contribution in [2.45, 2.75) is 6.42 Å². The molecule has 13 heavy (non-hydrogen) atoms. The maximum atomic E-state index is 4.27. The van der Waals surface area contributed by atoms with Gasteiger partial charge in [-0.3, -0.25) is 4.98 Å². The first-order valence-corrected chi connectivity index (χ1v) is 5.57. The van der Waals surface area contributed by atoms with Crippen LogP contribution in [0.25, 0.3) is 0 Å². The highest BCUT2D eigenvalue weighted by Gasteiger charge is 2.01. The lowest BCUT2D eigenvalue weighted by molar-refractivity contribution is 1.09. The first-order chi connectivity index (χ1) is 6.34. The number of halogens is 1. The Kier molecular flexibility index (Phi) is 2.84. The Labute approximate surface area is 93.6 Å². The van der Waals surface area contributed by atoms with Crippen LogP contribution in [0.15, 0.2) is 24.5 Å². The van der Waals surface area contributed by atoms with Crippen molar-refractivity contribution in [1.29, 1.82) is 0 Å². The summed E-state index contributed by atoms with van der Waals surface area (Å²) in [6, 6.07) is 3.97. The summed E-state index contributed by atoms with van der Waals surface area (Å²) in [5, 5.41) is 1.04. The highest BCUT2D eigenvalue weighted by atomic mass is 127. The molecule has 0 atom stereocenters. The van der Waals surface area contributed by atoms with Gasteiger partial charge in [0.15, 0.2) is 0 Å². The molecule has 2 rings (SSSR count). The molecule has 0 saturated heterocycles. The molecule has 0 radical (unpaired) electrons. The fourth-order valence-corrected chi connectivity index (χ4v) is 2.31. The van der Waals surface area contributed by atoms with Gasteiger partial charge in [0.05, 0.1) is 0 Å². The molecule has 0 spiro atoms. The Bertz CT molecular complexity index is 387. The Morgan fingerprint density at radius 1 is 1.46 bits per heavy atom. The van der Waals surface area contributed by atoms with Gasteiger partial charge in [-0.15, -0.1) is 0 Å². The molecule has 3 nitrogen and oxygen atoms in total. The van der Waals surface area contributed by atoms with Crippen LogP contribution in [0.2, 0.25) is 0 Å². The summed E-state index contributed by atoms with van der Waals surface area (Å²) in [5.41, 5.74) is 1.18. The van der Waals surface area contributed by atoms with Crippen molar-refractivity contribution in [3.8, 4) is 0 Å². The van der Waals surface area contributed by atoms with Crippen molar-refractivity contribution in [3.63, 3.8) is 0 Å². The minimum absolute atomic E-state index is 0.821. The third kappa shape index (κ3) is 2.44. The fraction of sp³-hybridized carbons (Fsp3) is 0.125. The molecule has 66 valence electrons. The highest BCUT2D eigenvalue weighted by Crippen LogP contribution is 2.11. The van der Waals surface area contributed by atoms with Crippen molar-refractivity contribution < 1.29 is 0 Å². The Balaban J connectivity index is 2.15. The van der Waals surface area contributed by atoms with Crippen LogP contribution >= 0.6 is 34.1 Å². The van der Waals surface area contributed by atoms with Gasteiger partial charge < -0.3 is 0 Å². The molecule has 5 heteroatoms. The molecule has 0 N–H and O–H groups in total. The largest absolute Gasteiger partial charge is 0.264 e. The Morgan fingerprint density at radius 2 is 2.38 bits per heavy atom. The number of aromatic nitrogens is 3. The van der Waals surface area contributed by atoms with Crippen molar-refractivity contribution in [3.05, 3.63) is 38.9 Å². The second kappa shape index (κ2) is 4.10. The van der Waals surface area contributed by atoms with Crippen LogP contribution in [0, 0.1) is 3.83 Å². The number of hydrogen-bond donors (Lipinski definition) is 0. The summed E-state index contributed by atoms with van der Waals surface area (Å²) >= 11 is 3.56. The third-order valence-electron chi connectivity index (χ3n) is 1.52. The third-order valence-corrected chi connectivity index (χ3v) is 3.04. The minimum Gasteiger partial charge on any atom is -0.264 e. The van der Waals surface area contributed by atoms with Crippen LogP contribution in [0.3, 0.4) is 0 Å². The lowest BCUT2D eigenvalue weighted by atomic mass is 10.2. The zero-order chi connectivity index (χ0) is 9.10. The van der Waals surface area contributed by atoms with E-state index in [-0.39, 0.29) is 0 Å². The first kappa shape index (κ1) is 9.01. The summed E-state index contributed by atoms with van der Waals surface area (Å²) in [5.74, 6) is 0. The summed E-state index contributed by atoms with van der Waals surface area (Å²) in [6.07, 6.45) is 4.45. The molecule has 0 aromatic carbocycles. The summed E-state index contributed by atoms with van der Waals surface area (Å²) < 4.78 is 4.93. The molecule has 2 aromatic rings. The Hall–Kier alpha value is -0.560. The number of rotatable bonds is 2. The highest BCUT2D eigenvalue weighted by molar-refractivity contribution is 14.1. The summed E-state index contributed by atoms with van der Waals surface area (Å²) in [6.45, 7) is 0. The van der Waals surface area contributed by atoms with Gasteiger partial charge in [-0.05, 0) is 23.2 Å². The van der Waals surface area contributed by atoms with Gasteiger partial charge in [0.25, 0.3) is 0 Å². The molecule has 0 aliphatic carbocycles. The van der Waals surface area contributed by atoms with E-state index in [2.05, 4.69) is 36.9 Å². The summed E-state index contributed by atoms with van der Waals surface area (Å²) in [7, 11) is 0. The van der Waals surface area contributed by atoms with Crippen LogP contribution in [-0.2, 0) is 6.42 Å². The quantitative estimate of drug-likeness (QED) is 0.798. The zero-order valence-corrected chi connectivity index (χ0v) is 9.62. The van der Waals surface area contributed by atoms with Gasteiger partial charge in [-0.1, -0.05) is 6.07 Å². The number of hydrogen-bond acceptors (Lipinski definition) is 4. The van der Waals surface area contributed by atoms with E-state index in [0.717, 1.165) is 15.3 Å². The maximum Gasteiger partial charge on any atom is 0.203 e. The average Bonchev–Trinajstić information content (AvgIpc) is 2.53. The topological polar surface area (TPSA) is 38.7 Å². The zero-order valence-electron chi connectivity index (χ0n) is 6.64. The molecule has 2 heterocycles. The van der Waals surface area contributed by atoms with Crippen LogP contribution < -0.4 is 0 Å². The monoisotopic (exact) mass is 303 g/mol. The van der Waals surface area contributed by atoms with Crippen LogP contribution in [-0.4, -0.2) is 14.3 Å². The van der Waals surface area contributed by atoms with Gasteiger partial charge >= 0.3 is 0 Å². The smallest absolute Gasteiger partial charge is 0.203 e. The molecule has 0 amide bonds. The van der Waals surface area contributed by atoms with E-state index in [9.17, 15) is 0 Å². The van der Waals surface area contributed by atoms with Crippen molar-refractivity contribution in [2.75, 3.05) is 0 Å². The van der Waals surface area contributed by atoms with Crippen molar-refractivity contribution in [1.82, 2.24) is 14.3 Å². The molecule has 2 aromatic heterocycles. The van der Waals surface area contributed by atoms with Gasteiger partial charge in [-0.2, -0.15) is 4.37 Å². The van der Waals surface area contributed by atoms with E-state index >= 15 is 0 Å². The number of pyridine rings is 1. The lowest BCUT2D eigenvalue weighted by Crippen LogP contribution is -1.87. The molecule has 0 saturated carbocycles. The van der Waals surface area contributed by atoms with Crippen LogP contribution in [0.5, 0.6) is 0 Å². The van der Waals surface area contributed by atoms with E-state index in [1.165, 1.54) is 17.1 Å². The number of nitrogens with zero attached hydrogens (tertiary/aromatic N) is 3. The average molecular weight is 303 g/mol. The summed E-state index contributed by atoms with van der Waals surface area (Å²) in [4.78, 5) is 8.31. The predicted molar refractivity (Wildman–Crippen MR) is 59.7 cm³/mol. The van der Waals surface area contributed by atoms with E-state index in [1.807, 2.05) is 18.3 Å². The van der Waals surface area contributed by atoms with Gasteiger partial charge in [0, 0.05) is 41.4 Å². The maximum absolute atomic E-state index is 4.27. The Morgan fingerprint density at radius 3 is 3.00 bits per heavy atom. The van der Waals surface area contributed by atoms with Crippen LogP contribution in [0.1, 0.15) is 10.6 Å². The first-order valence-electron chi connectivity index (χ1n) is 3.71. The minimum atomic E-state index is 0.821. The molecule has 0 aliphatic heterocycles. The molecule has 0 aliphatic rings. The SMILES string of the molecule is Ic1nsc(Cc2cccnc2)n1. The molecule has 0 unspecified atom stereocenters. The van der Waals surface area contributed by atoms with E-state index in [1.54, 1.807) is 6.20 Å². The molecular weight excluding hydrogens is 297 g/mol. The normalized spacial score (nSPS) is 10.2. The van der Waals surface area contributed by atoms with Crippen molar-refractivity contribution >= 4 is 34.1 Å². The second-order valence-electron chi connectivity index (χ2n) is 2.50. The predicted octanol–water partition coefficient (Wildman–Crippen LogP) is 2.13. The van der Waals surface area contributed by atoms with E-state index < -0.39 is 0 Å². The van der Waals surface area contributed by atoms with Crippen molar-refractivity contribution in [2.24, 2.45) is 0 Å². The van der Waals surface area contributed by atoms with Gasteiger partial charge in [0.2, 0.25) is 3.83 Å². The standard InChI is InChI=1S/C8H6IN3S/c9-8-11-7(13-12-8)4-6-2-1-3-10-5-6/h1-3,5H,4H2. The lowest BCUT2D eigenvalue weighted by Gasteiger charge is -1.93. The van der Waals surface area contributed by atoms with Crippen LogP contribution in [0.4, 0.5) is 0 Å². The van der Waals surface area contributed by atoms with Gasteiger partial charge in [0.1, 0.15) is 5.01 Å². The molecule has 0 bridgehead atoms. The fourth-order valence-electron chi connectivity index (χ4n) is 0.983. The van der Waals surface area contributed by atoms with E-state index in [4.69, 9.17) is 0 Å². The molecular formula is C8H6IN3S. The van der Waals surface area contributed by atoms with Gasteiger partial charge in [-0.25, -0.2) is 4.98 Å². The van der Waals surface area contributed by atoms with E-state index in [0.29, 0.717) is 0 Å². The molecule has 0 fully saturated rings. The second-order valence-corrected chi connectivity index (χ2v) is 4.30.